The minimum absolute atomic E-state index is 0.00564. The molecule has 0 N–H and O–H groups in total. The van der Waals surface area contributed by atoms with Crippen LogP contribution in [0.4, 0.5) is 5.69 Å². The van der Waals surface area contributed by atoms with Crippen molar-refractivity contribution in [3.05, 3.63) is 60.2 Å². The summed E-state index contributed by atoms with van der Waals surface area (Å²) >= 11 is 1.31. The van der Waals surface area contributed by atoms with E-state index in [-0.39, 0.29) is 18.2 Å². The van der Waals surface area contributed by atoms with Crippen LogP contribution in [0.25, 0.3) is 11.4 Å². The summed E-state index contributed by atoms with van der Waals surface area (Å²) in [6.45, 7) is 3.10. The Morgan fingerprint density at radius 1 is 1.20 bits per heavy atom. The summed E-state index contributed by atoms with van der Waals surface area (Å²) in [5.74, 6) is 0.726. The van der Waals surface area contributed by atoms with E-state index >= 15 is 0 Å². The Bertz CT molecular complexity index is 1030. The number of ether oxygens (including phenoxy) is 1. The maximum Gasteiger partial charge on any atom is 0.238 e. The second-order valence-corrected chi connectivity index (χ2v) is 7.52. The average Bonchev–Trinajstić information content (AvgIpc) is 3.17. The van der Waals surface area contributed by atoms with E-state index in [1.165, 1.54) is 16.7 Å². The molecule has 2 aromatic carbocycles. The molecule has 0 fully saturated rings. The van der Waals surface area contributed by atoms with Gasteiger partial charge in [-0.3, -0.25) is 14.3 Å². The SMILES string of the molecule is COCCn1c(SCC(=O)N(CC#N)c2ccccc2)nnc1-c1cccc(C)c1. The third kappa shape index (κ3) is 5.26. The van der Waals surface area contributed by atoms with Crippen molar-refractivity contribution in [2.75, 3.05) is 30.9 Å². The van der Waals surface area contributed by atoms with E-state index in [4.69, 9.17) is 10.00 Å². The minimum atomic E-state index is -0.161. The standard InChI is InChI=1S/C22H23N5O2S/c1-17-7-6-8-18(15-17)21-24-25-22(27(21)13-14-29-2)30-16-20(28)26(12-11-23)19-9-4-3-5-10-19/h3-10,15H,12-14,16H2,1-2H3. The number of nitriles is 1. The Labute approximate surface area is 180 Å². The van der Waals surface area contributed by atoms with Crippen molar-refractivity contribution in [2.24, 2.45) is 0 Å². The first-order chi connectivity index (χ1) is 14.6. The lowest BCUT2D eigenvalue weighted by atomic mass is 10.1. The summed E-state index contributed by atoms with van der Waals surface area (Å²) in [7, 11) is 1.65. The number of amides is 1. The molecular formula is C22H23N5O2S. The monoisotopic (exact) mass is 421 g/mol. The molecule has 0 aliphatic carbocycles. The number of hydrogen-bond donors (Lipinski definition) is 0. The molecule has 0 aliphatic rings. The van der Waals surface area contributed by atoms with Crippen LogP contribution >= 0.6 is 11.8 Å². The van der Waals surface area contributed by atoms with Gasteiger partial charge in [0.15, 0.2) is 11.0 Å². The fourth-order valence-electron chi connectivity index (χ4n) is 2.98. The van der Waals surface area contributed by atoms with Crippen LogP contribution in [-0.2, 0) is 16.1 Å². The Morgan fingerprint density at radius 3 is 2.70 bits per heavy atom. The molecule has 8 heteroatoms. The van der Waals surface area contributed by atoms with Gasteiger partial charge in [-0.25, -0.2) is 0 Å². The number of hydrogen-bond acceptors (Lipinski definition) is 6. The van der Waals surface area contributed by atoms with Gasteiger partial charge >= 0.3 is 0 Å². The zero-order chi connectivity index (χ0) is 21.3. The van der Waals surface area contributed by atoms with Crippen LogP contribution in [-0.4, -0.2) is 46.7 Å². The van der Waals surface area contributed by atoms with E-state index in [0.717, 1.165) is 17.0 Å². The average molecular weight is 422 g/mol. The molecule has 0 bridgehead atoms. The number of methoxy groups -OCH3 is 1. The van der Waals surface area contributed by atoms with Crippen LogP contribution < -0.4 is 4.90 Å². The molecule has 1 heterocycles. The van der Waals surface area contributed by atoms with Gasteiger partial charge in [-0.15, -0.1) is 10.2 Å². The highest BCUT2D eigenvalue weighted by atomic mass is 32.2. The van der Waals surface area contributed by atoms with Gasteiger partial charge in [0.2, 0.25) is 5.91 Å². The van der Waals surface area contributed by atoms with Gasteiger partial charge in [0.25, 0.3) is 0 Å². The van der Waals surface area contributed by atoms with E-state index in [1.807, 2.05) is 60.0 Å². The van der Waals surface area contributed by atoms with Gasteiger partial charge in [-0.1, -0.05) is 53.7 Å². The van der Waals surface area contributed by atoms with E-state index in [9.17, 15) is 4.79 Å². The number of para-hydroxylation sites is 1. The fraction of sp³-hybridized carbons (Fsp3) is 0.273. The number of carbonyl (C=O) groups is 1. The molecule has 0 saturated heterocycles. The lowest BCUT2D eigenvalue weighted by Crippen LogP contribution is -2.32. The lowest BCUT2D eigenvalue weighted by molar-refractivity contribution is -0.116. The van der Waals surface area contributed by atoms with E-state index < -0.39 is 0 Å². The molecule has 0 atom stereocenters. The van der Waals surface area contributed by atoms with Crippen molar-refractivity contribution in [3.8, 4) is 17.5 Å². The number of aromatic nitrogens is 3. The highest BCUT2D eigenvalue weighted by molar-refractivity contribution is 7.99. The number of anilines is 1. The first-order valence-electron chi connectivity index (χ1n) is 9.48. The quantitative estimate of drug-likeness (QED) is 0.388. The third-order valence-corrected chi connectivity index (χ3v) is 5.39. The van der Waals surface area contributed by atoms with Gasteiger partial charge in [-0.05, 0) is 25.1 Å². The summed E-state index contributed by atoms with van der Waals surface area (Å²) in [5.41, 5.74) is 2.80. The first kappa shape index (κ1) is 21.6. The number of carbonyl (C=O) groups excluding carboxylic acids is 1. The normalized spacial score (nSPS) is 10.6. The molecule has 3 rings (SSSR count). The van der Waals surface area contributed by atoms with Crippen molar-refractivity contribution in [2.45, 2.75) is 18.6 Å². The van der Waals surface area contributed by atoms with E-state index in [0.29, 0.717) is 24.0 Å². The molecule has 0 saturated carbocycles. The molecule has 0 radical (unpaired) electrons. The molecule has 1 amide bonds. The molecule has 30 heavy (non-hydrogen) atoms. The number of thioether (sulfide) groups is 1. The number of aryl methyl sites for hydroxylation is 1. The van der Waals surface area contributed by atoms with Gasteiger partial charge in [-0.2, -0.15) is 5.26 Å². The van der Waals surface area contributed by atoms with Crippen molar-refractivity contribution in [1.82, 2.24) is 14.8 Å². The molecule has 3 aromatic rings. The maximum atomic E-state index is 12.8. The number of nitrogens with zero attached hydrogens (tertiary/aromatic N) is 5. The highest BCUT2D eigenvalue weighted by Crippen LogP contribution is 2.25. The van der Waals surface area contributed by atoms with Gasteiger partial charge in [0.1, 0.15) is 6.54 Å². The molecular weight excluding hydrogens is 398 g/mol. The van der Waals surface area contributed by atoms with Crippen LogP contribution in [0.2, 0.25) is 0 Å². The second kappa shape index (κ2) is 10.6. The number of benzene rings is 2. The lowest BCUT2D eigenvalue weighted by Gasteiger charge is -2.19. The van der Waals surface area contributed by atoms with Gasteiger partial charge < -0.3 is 4.74 Å². The van der Waals surface area contributed by atoms with Crippen LogP contribution in [0.5, 0.6) is 0 Å². The Kier molecular flexibility index (Phi) is 7.60. The molecule has 0 unspecified atom stereocenters. The smallest absolute Gasteiger partial charge is 0.238 e. The first-order valence-corrected chi connectivity index (χ1v) is 10.5. The van der Waals surface area contributed by atoms with Crippen LogP contribution in [0.3, 0.4) is 0 Å². The molecule has 0 aliphatic heterocycles. The van der Waals surface area contributed by atoms with Crippen LogP contribution in [0, 0.1) is 18.3 Å². The summed E-state index contributed by atoms with van der Waals surface area (Å²) in [4.78, 5) is 14.3. The van der Waals surface area contributed by atoms with Gasteiger partial charge in [0.05, 0.1) is 25.0 Å². The van der Waals surface area contributed by atoms with E-state index in [2.05, 4.69) is 22.3 Å². The Hall–Kier alpha value is -3.15. The van der Waals surface area contributed by atoms with E-state index in [1.54, 1.807) is 7.11 Å². The van der Waals surface area contributed by atoms with Crippen LogP contribution in [0.1, 0.15) is 5.56 Å². The summed E-state index contributed by atoms with van der Waals surface area (Å²) in [6, 6.07) is 19.3. The molecule has 154 valence electrons. The van der Waals surface area contributed by atoms with Crippen LogP contribution in [0.15, 0.2) is 59.8 Å². The zero-order valence-electron chi connectivity index (χ0n) is 17.0. The summed E-state index contributed by atoms with van der Waals surface area (Å²) in [6.07, 6.45) is 0. The molecule has 7 nitrogen and oxygen atoms in total. The minimum Gasteiger partial charge on any atom is -0.383 e. The Balaban J connectivity index is 1.80. The highest BCUT2D eigenvalue weighted by Gasteiger charge is 2.19. The topological polar surface area (TPSA) is 84.0 Å². The van der Waals surface area contributed by atoms with Crippen molar-refractivity contribution >= 4 is 23.4 Å². The largest absolute Gasteiger partial charge is 0.383 e. The van der Waals surface area contributed by atoms with Crippen molar-refractivity contribution in [1.29, 1.82) is 5.26 Å². The van der Waals surface area contributed by atoms with Crippen molar-refractivity contribution < 1.29 is 9.53 Å². The second-order valence-electron chi connectivity index (χ2n) is 6.58. The zero-order valence-corrected chi connectivity index (χ0v) is 17.8. The predicted molar refractivity (Wildman–Crippen MR) is 117 cm³/mol. The molecule has 0 spiro atoms. The van der Waals surface area contributed by atoms with Gasteiger partial charge in [0, 0.05) is 18.4 Å². The van der Waals surface area contributed by atoms with Crippen molar-refractivity contribution in [3.63, 3.8) is 0 Å². The Morgan fingerprint density at radius 2 is 2.00 bits per heavy atom. The molecule has 1 aromatic heterocycles. The summed E-state index contributed by atoms with van der Waals surface area (Å²) < 4.78 is 7.21. The third-order valence-electron chi connectivity index (χ3n) is 4.43. The predicted octanol–water partition coefficient (Wildman–Crippen LogP) is 3.55. The fourth-order valence-corrected chi connectivity index (χ4v) is 3.82. The maximum absolute atomic E-state index is 12.8. The summed E-state index contributed by atoms with van der Waals surface area (Å²) in [5, 5.41) is 18.4. The number of rotatable bonds is 9.